The van der Waals surface area contributed by atoms with Gasteiger partial charge in [0.15, 0.2) is 0 Å². The van der Waals surface area contributed by atoms with Gasteiger partial charge in [0.1, 0.15) is 18.5 Å². The molecule has 2 fully saturated rings. The van der Waals surface area contributed by atoms with E-state index in [9.17, 15) is 9.90 Å². The number of carbonyl (C=O) groups excluding carboxylic acids is 1. The molecule has 0 aliphatic carbocycles. The van der Waals surface area contributed by atoms with E-state index in [2.05, 4.69) is 28.9 Å². The minimum absolute atomic E-state index is 0.0263. The molecule has 1 amide bonds. The SMILES string of the molecule is C=CCOc1ccc(CN2CCC3(CC2)OCC[C@@](C)(NC(=O)CC)[C@@H]3O)cc1. The van der Waals surface area contributed by atoms with Crippen molar-refractivity contribution in [2.75, 3.05) is 26.3 Å². The third kappa shape index (κ3) is 5.00. The maximum Gasteiger partial charge on any atom is 0.220 e. The van der Waals surface area contributed by atoms with Crippen LogP contribution < -0.4 is 10.1 Å². The van der Waals surface area contributed by atoms with Gasteiger partial charge in [-0.3, -0.25) is 9.69 Å². The van der Waals surface area contributed by atoms with Crippen molar-refractivity contribution < 1.29 is 19.4 Å². The fourth-order valence-electron chi connectivity index (χ4n) is 4.41. The number of carbonyl (C=O) groups is 1. The van der Waals surface area contributed by atoms with Crippen LogP contribution in [0.2, 0.25) is 0 Å². The third-order valence-electron chi connectivity index (χ3n) is 6.26. The second-order valence-electron chi connectivity index (χ2n) is 8.40. The van der Waals surface area contributed by atoms with Crippen LogP contribution in [0.1, 0.15) is 45.1 Å². The molecule has 1 spiro atoms. The van der Waals surface area contributed by atoms with Crippen molar-refractivity contribution >= 4 is 5.91 Å². The molecule has 2 saturated heterocycles. The summed E-state index contributed by atoms with van der Waals surface area (Å²) in [5.41, 5.74) is 0.0267. The lowest BCUT2D eigenvalue weighted by Gasteiger charge is -2.53. The average Bonchev–Trinajstić information content (AvgIpc) is 2.73. The van der Waals surface area contributed by atoms with Gasteiger partial charge in [-0.15, -0.1) is 0 Å². The molecule has 2 aliphatic rings. The molecular weight excluding hydrogens is 368 g/mol. The molecular formula is C23H34N2O4. The number of aliphatic hydroxyl groups is 1. The summed E-state index contributed by atoms with van der Waals surface area (Å²) in [4.78, 5) is 14.3. The summed E-state index contributed by atoms with van der Waals surface area (Å²) in [6.45, 7) is 11.1. The fourth-order valence-corrected chi connectivity index (χ4v) is 4.41. The van der Waals surface area contributed by atoms with Gasteiger partial charge in [-0.05, 0) is 43.9 Å². The molecule has 0 unspecified atom stereocenters. The molecule has 0 saturated carbocycles. The molecule has 160 valence electrons. The summed E-state index contributed by atoms with van der Waals surface area (Å²) < 4.78 is 11.7. The van der Waals surface area contributed by atoms with E-state index in [-0.39, 0.29) is 5.91 Å². The van der Waals surface area contributed by atoms with Crippen LogP contribution in [0.5, 0.6) is 5.75 Å². The minimum atomic E-state index is -0.706. The first-order valence-electron chi connectivity index (χ1n) is 10.6. The van der Waals surface area contributed by atoms with Crippen LogP contribution in [-0.4, -0.2) is 59.5 Å². The average molecular weight is 403 g/mol. The van der Waals surface area contributed by atoms with E-state index in [0.29, 0.717) is 26.1 Å². The number of aliphatic hydroxyl groups excluding tert-OH is 1. The van der Waals surface area contributed by atoms with Gasteiger partial charge in [-0.1, -0.05) is 31.7 Å². The van der Waals surface area contributed by atoms with Crippen LogP contribution in [0.25, 0.3) is 0 Å². The number of hydrogen-bond acceptors (Lipinski definition) is 5. The number of ether oxygens (including phenoxy) is 2. The molecule has 29 heavy (non-hydrogen) atoms. The van der Waals surface area contributed by atoms with Crippen molar-refractivity contribution in [1.29, 1.82) is 0 Å². The van der Waals surface area contributed by atoms with Crippen LogP contribution in [-0.2, 0) is 16.1 Å². The van der Waals surface area contributed by atoms with E-state index in [1.807, 2.05) is 26.0 Å². The molecule has 1 aromatic carbocycles. The van der Waals surface area contributed by atoms with Crippen molar-refractivity contribution in [2.45, 2.75) is 63.3 Å². The highest BCUT2D eigenvalue weighted by Crippen LogP contribution is 2.40. The van der Waals surface area contributed by atoms with Gasteiger partial charge in [0.25, 0.3) is 0 Å². The number of hydrogen-bond donors (Lipinski definition) is 2. The monoisotopic (exact) mass is 402 g/mol. The summed E-state index contributed by atoms with van der Waals surface area (Å²) in [5, 5.41) is 14.2. The smallest absolute Gasteiger partial charge is 0.220 e. The van der Waals surface area contributed by atoms with Crippen LogP contribution in [0, 0.1) is 0 Å². The number of rotatable bonds is 7. The van der Waals surface area contributed by atoms with Crippen molar-refractivity contribution in [1.82, 2.24) is 10.2 Å². The molecule has 2 N–H and O–H groups in total. The molecule has 2 heterocycles. The second kappa shape index (κ2) is 9.28. The molecule has 0 aromatic heterocycles. The van der Waals surface area contributed by atoms with E-state index in [0.717, 1.165) is 38.2 Å². The Bertz CT molecular complexity index is 697. The van der Waals surface area contributed by atoms with Gasteiger partial charge >= 0.3 is 0 Å². The normalized spacial score (nSPS) is 26.8. The quantitative estimate of drug-likeness (QED) is 0.686. The Hall–Kier alpha value is -1.89. The van der Waals surface area contributed by atoms with Crippen molar-refractivity contribution in [3.05, 3.63) is 42.5 Å². The molecule has 2 aliphatic heterocycles. The summed E-state index contributed by atoms with van der Waals surface area (Å²) in [5.74, 6) is 0.819. The van der Waals surface area contributed by atoms with Gasteiger partial charge < -0.3 is 19.9 Å². The maximum atomic E-state index is 12.0. The predicted octanol–water partition coefficient (Wildman–Crippen LogP) is 2.65. The first-order chi connectivity index (χ1) is 13.9. The summed E-state index contributed by atoms with van der Waals surface area (Å²) >= 11 is 0. The number of amides is 1. The van der Waals surface area contributed by atoms with Crippen LogP contribution in [0.15, 0.2) is 36.9 Å². The zero-order valence-corrected chi connectivity index (χ0v) is 17.7. The first-order valence-corrected chi connectivity index (χ1v) is 10.6. The van der Waals surface area contributed by atoms with Crippen molar-refractivity contribution in [3.63, 3.8) is 0 Å². The number of piperidine rings is 1. The molecule has 1 aromatic rings. The van der Waals surface area contributed by atoms with E-state index < -0.39 is 17.2 Å². The molecule has 6 nitrogen and oxygen atoms in total. The van der Waals surface area contributed by atoms with E-state index in [1.54, 1.807) is 6.08 Å². The molecule has 3 rings (SSSR count). The summed E-state index contributed by atoms with van der Waals surface area (Å²) in [7, 11) is 0. The Morgan fingerprint density at radius 3 is 2.66 bits per heavy atom. The Balaban J connectivity index is 1.57. The standard InChI is InChI=1S/C23H34N2O4/c1-4-15-28-19-8-6-18(7-9-19)17-25-13-10-23(11-14-25)21(27)22(3,12-16-29-23)24-20(26)5-2/h4,6-9,21,27H,1,5,10-17H2,2-3H3,(H,24,26)/t21-,22+/m0/s1. The highest BCUT2D eigenvalue weighted by atomic mass is 16.5. The number of nitrogens with one attached hydrogen (secondary N) is 1. The molecule has 0 bridgehead atoms. The lowest BCUT2D eigenvalue weighted by molar-refractivity contribution is -0.208. The van der Waals surface area contributed by atoms with E-state index in [4.69, 9.17) is 9.47 Å². The lowest BCUT2D eigenvalue weighted by atomic mass is 9.73. The zero-order chi connectivity index (χ0) is 20.9. The van der Waals surface area contributed by atoms with Crippen LogP contribution in [0.4, 0.5) is 0 Å². The van der Waals surface area contributed by atoms with Gasteiger partial charge in [-0.25, -0.2) is 0 Å². The number of likely N-dealkylation sites (tertiary alicyclic amines) is 1. The van der Waals surface area contributed by atoms with Crippen LogP contribution >= 0.6 is 0 Å². The third-order valence-corrected chi connectivity index (χ3v) is 6.26. The Labute approximate surface area is 173 Å². The Morgan fingerprint density at radius 1 is 1.34 bits per heavy atom. The van der Waals surface area contributed by atoms with Crippen molar-refractivity contribution in [2.24, 2.45) is 0 Å². The minimum Gasteiger partial charge on any atom is -0.490 e. The van der Waals surface area contributed by atoms with Crippen molar-refractivity contribution in [3.8, 4) is 5.75 Å². The molecule has 0 radical (unpaired) electrons. The van der Waals surface area contributed by atoms with Gasteiger partial charge in [-0.2, -0.15) is 0 Å². The largest absolute Gasteiger partial charge is 0.490 e. The zero-order valence-electron chi connectivity index (χ0n) is 17.7. The highest BCUT2D eigenvalue weighted by molar-refractivity contribution is 5.76. The summed E-state index contributed by atoms with van der Waals surface area (Å²) in [6, 6.07) is 8.15. The highest BCUT2D eigenvalue weighted by Gasteiger charge is 2.53. The molecule has 2 atom stereocenters. The number of benzene rings is 1. The van der Waals surface area contributed by atoms with Gasteiger partial charge in [0.05, 0.1) is 11.1 Å². The first kappa shape index (κ1) is 21.8. The van der Waals surface area contributed by atoms with Gasteiger partial charge in [0, 0.05) is 32.7 Å². The predicted molar refractivity (Wildman–Crippen MR) is 113 cm³/mol. The fraction of sp³-hybridized carbons (Fsp3) is 0.609. The Morgan fingerprint density at radius 2 is 2.03 bits per heavy atom. The topological polar surface area (TPSA) is 71.0 Å². The van der Waals surface area contributed by atoms with Gasteiger partial charge in [0.2, 0.25) is 5.91 Å². The number of nitrogens with zero attached hydrogens (tertiary/aromatic N) is 1. The molecule has 6 heteroatoms. The summed E-state index contributed by atoms with van der Waals surface area (Å²) in [6.07, 6.45) is 3.59. The lowest BCUT2D eigenvalue weighted by Crippen LogP contribution is -2.69. The van der Waals surface area contributed by atoms with E-state index >= 15 is 0 Å². The maximum absolute atomic E-state index is 12.0. The van der Waals surface area contributed by atoms with E-state index in [1.165, 1.54) is 5.56 Å². The second-order valence-corrected chi connectivity index (χ2v) is 8.40. The Kier molecular flexibility index (Phi) is 6.98. The van der Waals surface area contributed by atoms with Crippen LogP contribution in [0.3, 0.4) is 0 Å².